The number of anilines is 2. The Morgan fingerprint density at radius 3 is 2.43 bits per heavy atom. The van der Waals surface area contributed by atoms with Gasteiger partial charge in [0.2, 0.25) is 5.91 Å². The van der Waals surface area contributed by atoms with Crippen LogP contribution in [-0.4, -0.2) is 11.8 Å². The molecular weight excluding hydrogens is 266 g/mol. The number of amides is 2. The van der Waals surface area contributed by atoms with Crippen molar-refractivity contribution in [1.29, 1.82) is 0 Å². The van der Waals surface area contributed by atoms with Crippen LogP contribution in [0.5, 0.6) is 0 Å². The van der Waals surface area contributed by atoms with Gasteiger partial charge in [0.05, 0.1) is 0 Å². The number of nitrogen functional groups attached to an aromatic ring is 1. The molecule has 0 atom stereocenters. The highest BCUT2D eigenvalue weighted by molar-refractivity contribution is 6.06. The first-order chi connectivity index (χ1) is 9.90. The highest BCUT2D eigenvalue weighted by atomic mass is 16.2. The van der Waals surface area contributed by atoms with Gasteiger partial charge in [-0.15, -0.1) is 0 Å². The highest BCUT2D eigenvalue weighted by Gasteiger charge is 2.12. The number of nitrogens with one attached hydrogen (secondary N) is 1. The number of primary amides is 1. The van der Waals surface area contributed by atoms with Crippen molar-refractivity contribution in [2.45, 2.75) is 13.8 Å². The van der Waals surface area contributed by atoms with E-state index in [4.69, 9.17) is 11.5 Å². The van der Waals surface area contributed by atoms with Gasteiger partial charge in [-0.05, 0) is 55.3 Å². The number of benzene rings is 2. The monoisotopic (exact) mass is 283 g/mol. The second-order valence-corrected chi connectivity index (χ2v) is 4.87. The zero-order chi connectivity index (χ0) is 15.6. The second-order valence-electron chi connectivity index (χ2n) is 4.87. The minimum absolute atomic E-state index is 0.241. The smallest absolute Gasteiger partial charge is 0.256 e. The van der Waals surface area contributed by atoms with E-state index >= 15 is 0 Å². The lowest BCUT2D eigenvalue weighted by Gasteiger charge is -2.11. The largest absolute Gasteiger partial charge is 0.398 e. The molecule has 0 fully saturated rings. The number of aryl methyl sites for hydroxylation is 1. The average Bonchev–Trinajstić information content (AvgIpc) is 2.43. The third-order valence-electron chi connectivity index (χ3n) is 3.38. The first-order valence-corrected chi connectivity index (χ1v) is 6.47. The predicted octanol–water partition coefficient (Wildman–Crippen LogP) is 2.24. The molecule has 2 aromatic carbocycles. The summed E-state index contributed by atoms with van der Waals surface area (Å²) < 4.78 is 0. The van der Waals surface area contributed by atoms with Gasteiger partial charge in [0.25, 0.3) is 5.91 Å². The van der Waals surface area contributed by atoms with Gasteiger partial charge in [-0.2, -0.15) is 0 Å². The lowest BCUT2D eigenvalue weighted by atomic mass is 10.1. The molecule has 5 nitrogen and oxygen atoms in total. The Morgan fingerprint density at radius 1 is 1.10 bits per heavy atom. The summed E-state index contributed by atoms with van der Waals surface area (Å²) in [6.07, 6.45) is 0. The number of carbonyl (C=O) groups excluding carboxylic acids is 2. The number of rotatable bonds is 3. The van der Waals surface area contributed by atoms with Gasteiger partial charge in [0.1, 0.15) is 0 Å². The van der Waals surface area contributed by atoms with Crippen molar-refractivity contribution in [2.24, 2.45) is 5.73 Å². The SMILES string of the molecule is Cc1cc(C(N)=O)ccc1NC(=O)c1cccc(N)c1C. The predicted molar refractivity (Wildman–Crippen MR) is 83.2 cm³/mol. The second kappa shape index (κ2) is 5.66. The Labute approximate surface area is 123 Å². The molecule has 0 aliphatic carbocycles. The summed E-state index contributed by atoms with van der Waals surface area (Å²) >= 11 is 0. The van der Waals surface area contributed by atoms with Crippen LogP contribution in [0.4, 0.5) is 11.4 Å². The van der Waals surface area contributed by atoms with E-state index in [9.17, 15) is 9.59 Å². The Morgan fingerprint density at radius 2 is 1.81 bits per heavy atom. The van der Waals surface area contributed by atoms with E-state index in [-0.39, 0.29) is 5.91 Å². The van der Waals surface area contributed by atoms with Gasteiger partial charge in [0, 0.05) is 22.5 Å². The van der Waals surface area contributed by atoms with E-state index in [1.807, 2.05) is 0 Å². The summed E-state index contributed by atoms with van der Waals surface area (Å²) in [4.78, 5) is 23.4. The average molecular weight is 283 g/mol. The zero-order valence-corrected chi connectivity index (χ0v) is 11.9. The maximum atomic E-state index is 12.3. The van der Waals surface area contributed by atoms with Gasteiger partial charge in [0.15, 0.2) is 0 Å². The van der Waals surface area contributed by atoms with Crippen LogP contribution < -0.4 is 16.8 Å². The van der Waals surface area contributed by atoms with Crippen molar-refractivity contribution in [1.82, 2.24) is 0 Å². The molecule has 0 spiro atoms. The van der Waals surface area contributed by atoms with Crippen molar-refractivity contribution in [3.05, 3.63) is 58.7 Å². The third kappa shape index (κ3) is 3.02. The molecule has 0 bridgehead atoms. The molecular formula is C16H17N3O2. The van der Waals surface area contributed by atoms with Crippen LogP contribution in [0.2, 0.25) is 0 Å². The molecule has 0 aliphatic rings. The minimum atomic E-state index is -0.498. The first-order valence-electron chi connectivity index (χ1n) is 6.47. The molecule has 5 heteroatoms. The van der Waals surface area contributed by atoms with E-state index in [1.165, 1.54) is 0 Å². The summed E-state index contributed by atoms with van der Waals surface area (Å²) in [7, 11) is 0. The zero-order valence-electron chi connectivity index (χ0n) is 11.9. The Hall–Kier alpha value is -2.82. The summed E-state index contributed by atoms with van der Waals surface area (Å²) in [6, 6.07) is 10.1. The molecule has 2 aromatic rings. The number of hydrogen-bond donors (Lipinski definition) is 3. The van der Waals surface area contributed by atoms with E-state index < -0.39 is 5.91 Å². The third-order valence-corrected chi connectivity index (χ3v) is 3.38. The van der Waals surface area contributed by atoms with Crippen LogP contribution in [-0.2, 0) is 0 Å². The van der Waals surface area contributed by atoms with Crippen LogP contribution >= 0.6 is 0 Å². The van der Waals surface area contributed by atoms with Crippen LogP contribution in [0.25, 0.3) is 0 Å². The maximum absolute atomic E-state index is 12.3. The lowest BCUT2D eigenvalue weighted by Crippen LogP contribution is -2.16. The molecule has 0 saturated heterocycles. The van der Waals surface area contributed by atoms with Gasteiger partial charge < -0.3 is 16.8 Å². The Kier molecular flexibility index (Phi) is 3.93. The van der Waals surface area contributed by atoms with E-state index in [1.54, 1.807) is 50.2 Å². The summed E-state index contributed by atoms with van der Waals surface area (Å²) in [5.74, 6) is -0.739. The topological polar surface area (TPSA) is 98.2 Å². The van der Waals surface area contributed by atoms with Gasteiger partial charge >= 0.3 is 0 Å². The highest BCUT2D eigenvalue weighted by Crippen LogP contribution is 2.20. The number of carbonyl (C=O) groups is 2. The molecule has 0 saturated carbocycles. The van der Waals surface area contributed by atoms with E-state index in [2.05, 4.69) is 5.32 Å². The summed E-state index contributed by atoms with van der Waals surface area (Å²) in [6.45, 7) is 3.60. The summed E-state index contributed by atoms with van der Waals surface area (Å²) in [5, 5.41) is 2.81. The molecule has 0 radical (unpaired) electrons. The van der Waals surface area contributed by atoms with Crippen molar-refractivity contribution < 1.29 is 9.59 Å². The van der Waals surface area contributed by atoms with Gasteiger partial charge in [-0.25, -0.2) is 0 Å². The lowest BCUT2D eigenvalue weighted by molar-refractivity contribution is 0.0998. The fourth-order valence-corrected chi connectivity index (χ4v) is 2.05. The molecule has 0 aromatic heterocycles. The number of hydrogen-bond acceptors (Lipinski definition) is 3. The minimum Gasteiger partial charge on any atom is -0.398 e. The quantitative estimate of drug-likeness (QED) is 0.753. The fourth-order valence-electron chi connectivity index (χ4n) is 2.05. The van der Waals surface area contributed by atoms with Gasteiger partial charge in [-0.3, -0.25) is 9.59 Å². The molecule has 0 aliphatic heterocycles. The van der Waals surface area contributed by atoms with Gasteiger partial charge in [-0.1, -0.05) is 6.07 Å². The normalized spacial score (nSPS) is 10.2. The van der Waals surface area contributed by atoms with Crippen molar-refractivity contribution in [3.63, 3.8) is 0 Å². The standard InChI is InChI=1S/C16H17N3O2/c1-9-8-11(15(18)20)6-7-14(9)19-16(21)12-4-3-5-13(17)10(12)2/h3-8H,17H2,1-2H3,(H2,18,20)(H,19,21). The van der Waals surface area contributed by atoms with E-state index in [0.717, 1.165) is 11.1 Å². The summed E-state index contributed by atoms with van der Waals surface area (Å²) in [5.41, 5.74) is 14.7. The molecule has 5 N–H and O–H groups in total. The van der Waals surface area contributed by atoms with Crippen LogP contribution in [0.15, 0.2) is 36.4 Å². The molecule has 21 heavy (non-hydrogen) atoms. The van der Waals surface area contributed by atoms with Crippen molar-refractivity contribution in [3.8, 4) is 0 Å². The molecule has 108 valence electrons. The molecule has 2 amide bonds. The van der Waals surface area contributed by atoms with Crippen molar-refractivity contribution in [2.75, 3.05) is 11.1 Å². The van der Waals surface area contributed by atoms with Crippen LogP contribution in [0, 0.1) is 13.8 Å². The Balaban J connectivity index is 2.28. The first kappa shape index (κ1) is 14.6. The van der Waals surface area contributed by atoms with Crippen molar-refractivity contribution >= 4 is 23.2 Å². The van der Waals surface area contributed by atoms with E-state index in [0.29, 0.717) is 22.5 Å². The maximum Gasteiger partial charge on any atom is 0.256 e. The molecule has 0 unspecified atom stereocenters. The van der Waals surface area contributed by atoms with Crippen LogP contribution in [0.1, 0.15) is 31.8 Å². The molecule has 2 rings (SSSR count). The Bertz CT molecular complexity index is 723. The number of nitrogens with two attached hydrogens (primary N) is 2. The fraction of sp³-hybridized carbons (Fsp3) is 0.125. The van der Waals surface area contributed by atoms with Crippen LogP contribution in [0.3, 0.4) is 0 Å². The molecule has 0 heterocycles.